The molecule has 11 heteroatoms. The normalized spacial score (nSPS) is 18.5. The monoisotopic (exact) mass is 436 g/mol. The summed E-state index contributed by atoms with van der Waals surface area (Å²) in [4.78, 5) is 24.7. The number of nitro benzene ring substituents is 1. The molecule has 0 unspecified atom stereocenters. The van der Waals surface area contributed by atoms with Crippen LogP contribution in [-0.4, -0.2) is 62.5 Å². The predicted molar refractivity (Wildman–Crippen MR) is 106 cm³/mol. The van der Waals surface area contributed by atoms with Crippen LogP contribution in [0.2, 0.25) is 0 Å². The number of thioether (sulfide) groups is 2. The Morgan fingerprint density at radius 1 is 1.43 bits per heavy atom. The van der Waals surface area contributed by atoms with Crippen LogP contribution in [0.25, 0.3) is 0 Å². The largest absolute Gasteiger partial charge is 0.504 e. The van der Waals surface area contributed by atoms with Crippen molar-refractivity contribution in [2.45, 2.75) is 36.8 Å². The van der Waals surface area contributed by atoms with Crippen LogP contribution < -0.4 is 4.74 Å². The smallest absolute Gasteiger partial charge is 0.286 e. The number of amides is 1. The van der Waals surface area contributed by atoms with Gasteiger partial charge in [-0.05, 0) is 11.5 Å². The summed E-state index contributed by atoms with van der Waals surface area (Å²) < 4.78 is 33.1. The van der Waals surface area contributed by atoms with Crippen molar-refractivity contribution < 1.29 is 28.3 Å². The minimum atomic E-state index is -3.07. The Morgan fingerprint density at radius 2 is 2.04 bits per heavy atom. The molecule has 1 heterocycles. The third kappa shape index (κ3) is 4.80. The van der Waals surface area contributed by atoms with Crippen LogP contribution in [0.15, 0.2) is 12.1 Å². The fourth-order valence-electron chi connectivity index (χ4n) is 3.11. The quantitative estimate of drug-likeness (QED) is 0.374. The molecule has 0 spiro atoms. The van der Waals surface area contributed by atoms with Crippen LogP contribution in [0.4, 0.5) is 14.5 Å². The van der Waals surface area contributed by atoms with Gasteiger partial charge >= 0.3 is 0 Å². The molecule has 28 heavy (non-hydrogen) atoms. The SMILES string of the molecule is CCSC(SCC)[C@@H]1CC(F)(F)CN1C(=O)c1cc(OC)c(O)cc1[N+](=O)[O-]. The van der Waals surface area contributed by atoms with Gasteiger partial charge in [0.15, 0.2) is 11.5 Å². The maximum atomic E-state index is 14.2. The van der Waals surface area contributed by atoms with Crippen LogP contribution >= 0.6 is 23.5 Å². The molecule has 1 amide bonds. The summed E-state index contributed by atoms with van der Waals surface area (Å²) in [5, 5.41) is 21.2. The number of phenolic OH excluding ortho intramolecular Hbond substituents is 1. The Bertz CT molecular complexity index is 745. The van der Waals surface area contributed by atoms with Gasteiger partial charge in [0.05, 0.1) is 35.3 Å². The number of phenols is 1. The molecule has 1 saturated heterocycles. The number of nitrogens with zero attached hydrogens (tertiary/aromatic N) is 2. The van der Waals surface area contributed by atoms with Gasteiger partial charge in [-0.1, -0.05) is 13.8 Å². The van der Waals surface area contributed by atoms with Crippen molar-refractivity contribution in [1.29, 1.82) is 0 Å². The van der Waals surface area contributed by atoms with Gasteiger partial charge in [0, 0.05) is 12.5 Å². The average molecular weight is 437 g/mol. The minimum absolute atomic E-state index is 0.140. The number of hydrogen-bond donors (Lipinski definition) is 1. The number of ether oxygens (including phenoxy) is 1. The van der Waals surface area contributed by atoms with Gasteiger partial charge in [0.1, 0.15) is 5.56 Å². The van der Waals surface area contributed by atoms with Crippen LogP contribution in [0.1, 0.15) is 30.6 Å². The molecule has 1 N–H and O–H groups in total. The zero-order valence-corrected chi connectivity index (χ0v) is 17.3. The molecule has 0 aliphatic carbocycles. The minimum Gasteiger partial charge on any atom is -0.504 e. The molecule has 1 aromatic rings. The first kappa shape index (κ1) is 22.5. The second-order valence-electron chi connectivity index (χ2n) is 6.14. The molecule has 0 aromatic heterocycles. The van der Waals surface area contributed by atoms with Gasteiger partial charge in [0.25, 0.3) is 17.5 Å². The van der Waals surface area contributed by atoms with Gasteiger partial charge in [0.2, 0.25) is 0 Å². The molecule has 156 valence electrons. The first-order chi connectivity index (χ1) is 13.1. The molecule has 1 aliphatic rings. The van der Waals surface area contributed by atoms with Crippen molar-refractivity contribution in [3.8, 4) is 11.5 Å². The van der Waals surface area contributed by atoms with E-state index in [0.717, 1.165) is 17.0 Å². The lowest BCUT2D eigenvalue weighted by Gasteiger charge is -2.30. The van der Waals surface area contributed by atoms with Crippen molar-refractivity contribution >= 4 is 35.1 Å². The number of nitro groups is 1. The van der Waals surface area contributed by atoms with Crippen LogP contribution in [0.3, 0.4) is 0 Å². The van der Waals surface area contributed by atoms with Crippen molar-refractivity contribution in [3.63, 3.8) is 0 Å². The van der Waals surface area contributed by atoms with Gasteiger partial charge in [-0.15, -0.1) is 23.5 Å². The number of methoxy groups -OCH3 is 1. The van der Waals surface area contributed by atoms with Crippen molar-refractivity contribution in [1.82, 2.24) is 4.90 Å². The molecule has 1 atom stereocenters. The average Bonchev–Trinajstić information content (AvgIpc) is 2.96. The van der Waals surface area contributed by atoms with E-state index in [2.05, 4.69) is 0 Å². The topological polar surface area (TPSA) is 92.9 Å². The van der Waals surface area contributed by atoms with Crippen molar-refractivity contribution in [2.75, 3.05) is 25.2 Å². The van der Waals surface area contributed by atoms with Crippen LogP contribution in [0.5, 0.6) is 11.5 Å². The van der Waals surface area contributed by atoms with E-state index < -0.39 is 47.2 Å². The summed E-state index contributed by atoms with van der Waals surface area (Å²) >= 11 is 2.95. The number of hydrogen-bond acceptors (Lipinski definition) is 7. The molecular formula is C17H22F2N2O5S2. The molecular weight excluding hydrogens is 414 g/mol. The Morgan fingerprint density at radius 3 is 2.54 bits per heavy atom. The van der Waals surface area contributed by atoms with Gasteiger partial charge in [-0.2, -0.15) is 0 Å². The third-order valence-electron chi connectivity index (χ3n) is 4.27. The third-order valence-corrected chi connectivity index (χ3v) is 7.04. The highest BCUT2D eigenvalue weighted by Crippen LogP contribution is 2.43. The zero-order valence-electron chi connectivity index (χ0n) is 15.7. The predicted octanol–water partition coefficient (Wildman–Crippen LogP) is 3.99. The summed E-state index contributed by atoms with van der Waals surface area (Å²) in [5.74, 6) is -3.21. The molecule has 1 aliphatic heterocycles. The van der Waals surface area contributed by atoms with E-state index in [9.17, 15) is 28.8 Å². The summed E-state index contributed by atoms with van der Waals surface area (Å²) in [5.41, 5.74) is -1.04. The summed E-state index contributed by atoms with van der Waals surface area (Å²) in [6.07, 6.45) is -0.494. The Labute approximate surface area is 169 Å². The molecule has 1 fully saturated rings. The highest BCUT2D eigenvalue weighted by Gasteiger charge is 2.50. The highest BCUT2D eigenvalue weighted by atomic mass is 32.2. The van der Waals surface area contributed by atoms with E-state index in [1.165, 1.54) is 30.6 Å². The Balaban J connectivity index is 2.48. The molecule has 2 rings (SSSR count). The fraction of sp³-hybridized carbons (Fsp3) is 0.588. The number of halogens is 2. The lowest BCUT2D eigenvalue weighted by atomic mass is 10.1. The van der Waals surface area contributed by atoms with E-state index in [0.29, 0.717) is 11.5 Å². The lowest BCUT2D eigenvalue weighted by Crippen LogP contribution is -2.41. The summed E-state index contributed by atoms with van der Waals surface area (Å²) in [7, 11) is 1.23. The number of rotatable bonds is 8. The number of carbonyl (C=O) groups is 1. The van der Waals surface area contributed by atoms with E-state index in [4.69, 9.17) is 4.74 Å². The van der Waals surface area contributed by atoms with Gasteiger partial charge < -0.3 is 14.7 Å². The molecule has 0 saturated carbocycles. The highest BCUT2D eigenvalue weighted by molar-refractivity contribution is 8.17. The molecule has 0 radical (unpaired) electrons. The van der Waals surface area contributed by atoms with Crippen LogP contribution in [0, 0.1) is 10.1 Å². The number of aromatic hydroxyl groups is 1. The number of benzene rings is 1. The van der Waals surface area contributed by atoms with Crippen LogP contribution in [-0.2, 0) is 0 Å². The maximum absolute atomic E-state index is 14.2. The number of alkyl halides is 2. The first-order valence-corrected chi connectivity index (χ1v) is 10.7. The number of carbonyl (C=O) groups excluding carboxylic acids is 1. The second kappa shape index (κ2) is 9.17. The number of likely N-dealkylation sites (tertiary alicyclic amines) is 1. The molecule has 7 nitrogen and oxygen atoms in total. The van der Waals surface area contributed by atoms with E-state index in [1.54, 1.807) is 0 Å². The first-order valence-electron chi connectivity index (χ1n) is 8.62. The Hall–Kier alpha value is -1.75. The maximum Gasteiger partial charge on any atom is 0.286 e. The lowest BCUT2D eigenvalue weighted by molar-refractivity contribution is -0.385. The zero-order chi connectivity index (χ0) is 21.1. The standard InChI is InChI=1S/C17H22F2N2O5S2/c1-4-27-16(28-5-2)12-8-17(18,19)9-20(12)15(23)10-6-14(26-3)13(22)7-11(10)21(24)25/h6-7,12,16,22H,4-5,8-9H2,1-3H3/t12-/m0/s1. The van der Waals surface area contributed by atoms with Gasteiger partial charge in [-0.3, -0.25) is 14.9 Å². The summed E-state index contributed by atoms with van der Waals surface area (Å²) in [6, 6.07) is 1.06. The van der Waals surface area contributed by atoms with Crippen molar-refractivity contribution in [3.05, 3.63) is 27.8 Å². The van der Waals surface area contributed by atoms with E-state index in [-0.39, 0.29) is 15.9 Å². The second-order valence-corrected chi connectivity index (χ2v) is 9.27. The fourth-order valence-corrected chi connectivity index (χ4v) is 5.90. The van der Waals surface area contributed by atoms with Crippen molar-refractivity contribution in [2.24, 2.45) is 0 Å². The molecule has 0 bridgehead atoms. The Kier molecular flexibility index (Phi) is 7.38. The van der Waals surface area contributed by atoms with Gasteiger partial charge in [-0.25, -0.2) is 8.78 Å². The molecule has 1 aromatic carbocycles. The summed E-state index contributed by atoms with van der Waals surface area (Å²) in [6.45, 7) is 3.01. The van der Waals surface area contributed by atoms with E-state index >= 15 is 0 Å². The van der Waals surface area contributed by atoms with E-state index in [1.807, 2.05) is 13.8 Å².